The number of carbonyl (C=O) groups is 1. The molecule has 5 aromatic carbocycles. The first kappa shape index (κ1) is 23.2. The molecule has 0 unspecified atom stereocenters. The van der Waals surface area contributed by atoms with Crippen LogP contribution in [0.25, 0.3) is 0 Å². The molecule has 0 fully saturated rings. The number of carbonyl (C=O) groups excluding carboxylic acids is 1. The van der Waals surface area contributed by atoms with Gasteiger partial charge in [0.15, 0.2) is 5.60 Å². The molecule has 0 spiro atoms. The molecule has 0 bridgehead atoms. The average molecular weight is 502 g/mol. The molecule has 0 radical (unpaired) electrons. The standard InChI is InChI=1S/C33H24ClNO2/c34-28-21-22-30-29(23-28)33(37,27-19-11-4-12-20-27)31(36)35(30)32(24-13-5-1-6-14-24,25-15-7-2-8-16-25)26-17-9-3-10-18-26/h1-23,37H/t33-/m1/s1. The van der Waals surface area contributed by atoms with Crippen molar-refractivity contribution >= 4 is 23.2 Å². The number of hydrogen-bond donors (Lipinski definition) is 1. The Hall–Kier alpha value is -4.18. The summed E-state index contributed by atoms with van der Waals surface area (Å²) in [6.45, 7) is 0. The fourth-order valence-electron chi connectivity index (χ4n) is 5.60. The van der Waals surface area contributed by atoms with Crippen molar-refractivity contribution in [1.29, 1.82) is 0 Å². The molecule has 0 aromatic heterocycles. The van der Waals surface area contributed by atoms with Crippen LogP contribution in [0.15, 0.2) is 140 Å². The first-order valence-corrected chi connectivity index (χ1v) is 12.5. The molecule has 3 nitrogen and oxygen atoms in total. The Morgan fingerprint density at radius 2 is 1.05 bits per heavy atom. The maximum atomic E-state index is 14.8. The van der Waals surface area contributed by atoms with E-state index in [9.17, 15) is 9.90 Å². The lowest BCUT2D eigenvalue weighted by Gasteiger charge is -2.44. The van der Waals surface area contributed by atoms with Crippen molar-refractivity contribution in [3.63, 3.8) is 0 Å². The quantitative estimate of drug-likeness (QED) is 0.266. The van der Waals surface area contributed by atoms with E-state index in [1.54, 1.807) is 29.2 Å². The van der Waals surface area contributed by atoms with Gasteiger partial charge in [-0.25, -0.2) is 0 Å². The van der Waals surface area contributed by atoms with E-state index in [1.165, 1.54) is 0 Å². The monoisotopic (exact) mass is 501 g/mol. The molecule has 37 heavy (non-hydrogen) atoms. The largest absolute Gasteiger partial charge is 0.372 e. The van der Waals surface area contributed by atoms with Crippen molar-refractivity contribution in [2.24, 2.45) is 0 Å². The zero-order valence-corrected chi connectivity index (χ0v) is 20.7. The van der Waals surface area contributed by atoms with Crippen LogP contribution in [0.1, 0.15) is 27.8 Å². The lowest BCUT2D eigenvalue weighted by Crippen LogP contribution is -2.53. The summed E-state index contributed by atoms with van der Waals surface area (Å²) in [4.78, 5) is 16.6. The van der Waals surface area contributed by atoms with Gasteiger partial charge in [-0.15, -0.1) is 0 Å². The second-order valence-electron chi connectivity index (χ2n) is 9.19. The van der Waals surface area contributed by atoms with Gasteiger partial charge < -0.3 is 5.11 Å². The van der Waals surface area contributed by atoms with E-state index < -0.39 is 17.0 Å². The summed E-state index contributed by atoms with van der Waals surface area (Å²) in [5.41, 5.74) is 1.29. The molecule has 0 saturated carbocycles. The van der Waals surface area contributed by atoms with Gasteiger partial charge >= 0.3 is 0 Å². The number of rotatable bonds is 5. The van der Waals surface area contributed by atoms with Gasteiger partial charge in [0.05, 0.1) is 5.69 Å². The van der Waals surface area contributed by atoms with Crippen molar-refractivity contribution in [3.05, 3.63) is 172 Å². The molecule has 4 heteroatoms. The van der Waals surface area contributed by atoms with Crippen LogP contribution < -0.4 is 4.90 Å². The Balaban J connectivity index is 1.75. The van der Waals surface area contributed by atoms with Gasteiger partial charge in [0.25, 0.3) is 5.91 Å². The Morgan fingerprint density at radius 1 is 0.622 bits per heavy atom. The summed E-state index contributed by atoms with van der Waals surface area (Å²) in [6.07, 6.45) is 0. The maximum absolute atomic E-state index is 14.8. The number of halogens is 1. The Kier molecular flexibility index (Phi) is 5.68. The Bertz CT molecular complexity index is 1460. The maximum Gasteiger partial charge on any atom is 0.269 e. The summed E-state index contributed by atoms with van der Waals surface area (Å²) in [7, 11) is 0. The molecular formula is C33H24ClNO2. The average Bonchev–Trinajstić information content (AvgIpc) is 3.19. The number of amides is 1. The highest BCUT2D eigenvalue weighted by molar-refractivity contribution is 6.31. The SMILES string of the molecule is O=C1N(C(c2ccccc2)(c2ccccc2)c2ccccc2)c2ccc(Cl)cc2[C@]1(O)c1ccccc1. The van der Waals surface area contributed by atoms with Gasteiger partial charge in [-0.3, -0.25) is 9.69 Å². The minimum absolute atomic E-state index is 0.437. The molecule has 0 aliphatic carbocycles. The van der Waals surface area contributed by atoms with Gasteiger partial charge in [0, 0.05) is 10.6 Å². The van der Waals surface area contributed by atoms with Crippen LogP contribution >= 0.6 is 11.6 Å². The van der Waals surface area contributed by atoms with Crippen molar-refractivity contribution in [2.45, 2.75) is 11.1 Å². The summed E-state index contributed by atoms with van der Waals surface area (Å²) in [6, 6.07) is 44.3. The van der Waals surface area contributed by atoms with E-state index in [-0.39, 0.29) is 0 Å². The van der Waals surface area contributed by atoms with Crippen LogP contribution in [0.2, 0.25) is 5.02 Å². The van der Waals surface area contributed by atoms with E-state index >= 15 is 0 Å². The van der Waals surface area contributed by atoms with Gasteiger partial charge in [0.2, 0.25) is 0 Å². The van der Waals surface area contributed by atoms with Gasteiger partial charge in [-0.2, -0.15) is 0 Å². The molecule has 180 valence electrons. The molecule has 1 N–H and O–H groups in total. The number of benzene rings is 5. The highest BCUT2D eigenvalue weighted by Gasteiger charge is 2.58. The smallest absolute Gasteiger partial charge is 0.269 e. The molecule has 1 aliphatic rings. The first-order chi connectivity index (χ1) is 18.1. The van der Waals surface area contributed by atoms with Crippen molar-refractivity contribution < 1.29 is 9.90 Å². The summed E-state index contributed by atoms with van der Waals surface area (Å²) in [5, 5.41) is 12.8. The zero-order chi connectivity index (χ0) is 25.5. The zero-order valence-electron chi connectivity index (χ0n) is 20.0. The number of nitrogens with zero attached hydrogens (tertiary/aromatic N) is 1. The van der Waals surface area contributed by atoms with Crippen LogP contribution in [0, 0.1) is 0 Å². The van der Waals surface area contributed by atoms with E-state index in [0.29, 0.717) is 21.8 Å². The Morgan fingerprint density at radius 3 is 1.51 bits per heavy atom. The van der Waals surface area contributed by atoms with E-state index in [2.05, 4.69) is 0 Å². The van der Waals surface area contributed by atoms with Crippen molar-refractivity contribution in [1.82, 2.24) is 0 Å². The van der Waals surface area contributed by atoms with E-state index in [4.69, 9.17) is 11.6 Å². The number of aliphatic hydroxyl groups is 1. The number of fused-ring (bicyclic) bond motifs is 1. The normalized spacial score (nSPS) is 17.0. The molecule has 1 atom stereocenters. The van der Waals surface area contributed by atoms with E-state index in [0.717, 1.165) is 16.7 Å². The second-order valence-corrected chi connectivity index (χ2v) is 9.62. The number of anilines is 1. The van der Waals surface area contributed by atoms with Crippen LogP contribution in [0.5, 0.6) is 0 Å². The second kappa shape index (κ2) is 9.04. The van der Waals surface area contributed by atoms with Crippen LogP contribution in [-0.4, -0.2) is 11.0 Å². The highest BCUT2D eigenvalue weighted by atomic mass is 35.5. The first-order valence-electron chi connectivity index (χ1n) is 12.2. The van der Waals surface area contributed by atoms with Crippen LogP contribution in [-0.2, 0) is 15.9 Å². The van der Waals surface area contributed by atoms with Gasteiger partial charge in [-0.1, -0.05) is 133 Å². The van der Waals surface area contributed by atoms with Crippen molar-refractivity contribution in [2.75, 3.05) is 4.90 Å². The minimum Gasteiger partial charge on any atom is -0.372 e. The minimum atomic E-state index is -1.91. The highest BCUT2D eigenvalue weighted by Crippen LogP contribution is 2.54. The van der Waals surface area contributed by atoms with E-state index in [1.807, 2.05) is 115 Å². The Labute approximate surface area is 221 Å². The fourth-order valence-corrected chi connectivity index (χ4v) is 5.77. The van der Waals surface area contributed by atoms with Crippen LogP contribution in [0.4, 0.5) is 5.69 Å². The summed E-state index contributed by atoms with van der Waals surface area (Å²) < 4.78 is 0. The molecular weight excluding hydrogens is 478 g/mol. The molecule has 1 heterocycles. The third-order valence-corrected chi connectivity index (χ3v) is 7.44. The predicted octanol–water partition coefficient (Wildman–Crippen LogP) is 6.91. The lowest BCUT2D eigenvalue weighted by molar-refractivity contribution is -0.133. The third kappa shape index (κ3) is 3.43. The molecule has 1 aliphatic heterocycles. The van der Waals surface area contributed by atoms with Crippen LogP contribution in [0.3, 0.4) is 0 Å². The van der Waals surface area contributed by atoms with Gasteiger partial charge in [-0.05, 0) is 40.5 Å². The number of hydrogen-bond acceptors (Lipinski definition) is 2. The molecule has 6 rings (SSSR count). The van der Waals surface area contributed by atoms with Crippen molar-refractivity contribution in [3.8, 4) is 0 Å². The predicted molar refractivity (Wildman–Crippen MR) is 148 cm³/mol. The fraction of sp³-hybridized carbons (Fsp3) is 0.0606. The summed E-state index contributed by atoms with van der Waals surface area (Å²) >= 11 is 6.46. The third-order valence-electron chi connectivity index (χ3n) is 7.20. The topological polar surface area (TPSA) is 40.5 Å². The summed E-state index contributed by atoms with van der Waals surface area (Å²) in [5.74, 6) is -0.437. The molecule has 0 saturated heterocycles. The molecule has 5 aromatic rings. The van der Waals surface area contributed by atoms with Gasteiger partial charge in [0.1, 0.15) is 5.54 Å². The molecule has 1 amide bonds. The lowest BCUT2D eigenvalue weighted by atomic mass is 9.75.